The number of hydrogen-bond donors (Lipinski definition) is 0. The lowest BCUT2D eigenvalue weighted by Gasteiger charge is -2.40. The molecule has 2 aromatic heterocycles. The Morgan fingerprint density at radius 2 is 1.82 bits per heavy atom. The lowest BCUT2D eigenvalue weighted by atomic mass is 9.83. The molecule has 1 aromatic carbocycles. The Kier molecular flexibility index (Phi) is 6.85. The zero-order valence-electron chi connectivity index (χ0n) is 21.7. The van der Waals surface area contributed by atoms with Gasteiger partial charge in [0, 0.05) is 31.3 Å². The fraction of sp³-hybridized carbons (Fsp3) is 0.500. The number of anilines is 2. The molecule has 4 heterocycles. The van der Waals surface area contributed by atoms with Crippen molar-refractivity contribution in [3.05, 3.63) is 52.9 Å². The van der Waals surface area contributed by atoms with Crippen LogP contribution in [0.2, 0.25) is 5.15 Å². The van der Waals surface area contributed by atoms with Gasteiger partial charge in [-0.2, -0.15) is 18.3 Å². The molecule has 0 unspecified atom stereocenters. The summed E-state index contributed by atoms with van der Waals surface area (Å²) in [7, 11) is -2.11. The van der Waals surface area contributed by atoms with Gasteiger partial charge in [-0.25, -0.2) is 17.9 Å². The molecule has 2 aliphatic rings. The number of amides is 1. The number of hydrogen-bond acceptors (Lipinski definition) is 6. The summed E-state index contributed by atoms with van der Waals surface area (Å²) in [6, 6.07) is 5.52. The van der Waals surface area contributed by atoms with Crippen LogP contribution in [0.1, 0.15) is 44.0 Å². The zero-order valence-corrected chi connectivity index (χ0v) is 23.3. The van der Waals surface area contributed by atoms with Crippen LogP contribution in [0.3, 0.4) is 0 Å². The highest BCUT2D eigenvalue weighted by Gasteiger charge is 2.46. The summed E-state index contributed by atoms with van der Waals surface area (Å²) >= 11 is 6.11. The van der Waals surface area contributed by atoms with Crippen molar-refractivity contribution in [2.24, 2.45) is 11.3 Å². The standard InChI is InChI=1S/C26H29ClF3N5O3S/c1-25(2)13-19-20(14-31-22-12-21(27)32-35(19)22)34(15-25)18-6-4-16(5-7-18)23(26(28,29)30)33(3)24(36)17-8-10-39(37,38)11-9-17/h4-7,12,14,17,23H,8-11,13,15H2,1-3H3/t23-/m0/s1. The molecule has 1 amide bonds. The molecule has 0 aliphatic carbocycles. The monoisotopic (exact) mass is 583 g/mol. The number of alkyl halides is 3. The van der Waals surface area contributed by atoms with Crippen LogP contribution < -0.4 is 4.90 Å². The lowest BCUT2D eigenvalue weighted by molar-refractivity contribution is -0.190. The molecular weight excluding hydrogens is 555 g/mol. The second-order valence-electron chi connectivity index (χ2n) is 11.2. The molecule has 5 rings (SSSR count). The van der Waals surface area contributed by atoms with E-state index in [1.54, 1.807) is 28.9 Å². The van der Waals surface area contributed by atoms with Crippen LogP contribution in [0.5, 0.6) is 0 Å². The van der Waals surface area contributed by atoms with E-state index in [0.29, 0.717) is 34.4 Å². The molecule has 0 N–H and O–H groups in total. The maximum atomic E-state index is 14.3. The fourth-order valence-corrected chi connectivity index (χ4v) is 7.27. The highest BCUT2D eigenvalue weighted by atomic mass is 35.5. The van der Waals surface area contributed by atoms with Crippen LogP contribution in [0, 0.1) is 11.3 Å². The summed E-state index contributed by atoms with van der Waals surface area (Å²) in [6.07, 6.45) is -2.23. The first-order valence-corrected chi connectivity index (χ1v) is 14.8. The van der Waals surface area contributed by atoms with E-state index < -0.39 is 33.9 Å². The van der Waals surface area contributed by atoms with Gasteiger partial charge in [0.1, 0.15) is 9.84 Å². The van der Waals surface area contributed by atoms with E-state index in [4.69, 9.17) is 11.6 Å². The second-order valence-corrected chi connectivity index (χ2v) is 13.9. The third-order valence-corrected chi connectivity index (χ3v) is 9.42. The molecule has 1 fully saturated rings. The minimum absolute atomic E-state index is 0.0297. The van der Waals surface area contributed by atoms with Crippen molar-refractivity contribution in [3.63, 3.8) is 0 Å². The third-order valence-electron chi connectivity index (χ3n) is 7.52. The van der Waals surface area contributed by atoms with Gasteiger partial charge in [-0.1, -0.05) is 37.6 Å². The molecule has 8 nitrogen and oxygen atoms in total. The third kappa shape index (κ3) is 5.45. The number of sulfone groups is 1. The Hall–Kier alpha value is -2.86. The van der Waals surface area contributed by atoms with Gasteiger partial charge in [0.2, 0.25) is 5.91 Å². The van der Waals surface area contributed by atoms with Crippen molar-refractivity contribution in [2.45, 2.75) is 45.3 Å². The average molecular weight is 584 g/mol. The Balaban J connectivity index is 1.45. The molecule has 0 bridgehead atoms. The van der Waals surface area contributed by atoms with Crippen LogP contribution in [-0.2, 0) is 21.1 Å². The zero-order chi connectivity index (χ0) is 28.3. The largest absolute Gasteiger partial charge is 0.413 e. The van der Waals surface area contributed by atoms with E-state index >= 15 is 0 Å². The lowest BCUT2D eigenvalue weighted by Crippen LogP contribution is -2.44. The number of carbonyl (C=O) groups excluding carboxylic acids is 1. The normalized spacial score (nSPS) is 20.0. The molecule has 0 spiro atoms. The minimum Gasteiger partial charge on any atom is -0.338 e. The predicted octanol–water partition coefficient (Wildman–Crippen LogP) is 4.99. The van der Waals surface area contributed by atoms with Gasteiger partial charge < -0.3 is 9.80 Å². The number of fused-ring (bicyclic) bond motifs is 3. The van der Waals surface area contributed by atoms with E-state index in [1.165, 1.54) is 12.1 Å². The quantitative estimate of drug-likeness (QED) is 0.430. The van der Waals surface area contributed by atoms with Gasteiger partial charge in [-0.15, -0.1) is 0 Å². The summed E-state index contributed by atoms with van der Waals surface area (Å²) < 4.78 is 68.0. The highest BCUT2D eigenvalue weighted by Crippen LogP contribution is 2.42. The first kappa shape index (κ1) is 27.7. The van der Waals surface area contributed by atoms with Crippen molar-refractivity contribution < 1.29 is 26.4 Å². The molecule has 1 atom stereocenters. The first-order chi connectivity index (χ1) is 18.2. The highest BCUT2D eigenvalue weighted by molar-refractivity contribution is 7.91. The van der Waals surface area contributed by atoms with Gasteiger partial charge >= 0.3 is 6.18 Å². The molecule has 39 heavy (non-hydrogen) atoms. The van der Waals surface area contributed by atoms with Crippen molar-refractivity contribution >= 4 is 44.4 Å². The maximum Gasteiger partial charge on any atom is 0.413 e. The smallest absolute Gasteiger partial charge is 0.338 e. The van der Waals surface area contributed by atoms with Crippen LogP contribution in [-0.4, -0.2) is 65.1 Å². The molecule has 210 valence electrons. The summed E-state index contributed by atoms with van der Waals surface area (Å²) in [5.74, 6) is -1.84. The topological polar surface area (TPSA) is 87.9 Å². The Labute approximate surface area is 229 Å². The van der Waals surface area contributed by atoms with Crippen molar-refractivity contribution in [3.8, 4) is 0 Å². The van der Waals surface area contributed by atoms with E-state index in [2.05, 4.69) is 23.9 Å². The predicted molar refractivity (Wildman–Crippen MR) is 142 cm³/mol. The van der Waals surface area contributed by atoms with E-state index in [-0.39, 0.29) is 35.3 Å². The van der Waals surface area contributed by atoms with Gasteiger partial charge in [-0.3, -0.25) is 4.79 Å². The number of benzene rings is 1. The summed E-state index contributed by atoms with van der Waals surface area (Å²) in [5, 5.41) is 4.69. The molecule has 1 saturated heterocycles. The molecular formula is C26H29ClF3N5O3S. The average Bonchev–Trinajstić information content (AvgIpc) is 3.23. The molecule has 2 aliphatic heterocycles. The maximum absolute atomic E-state index is 14.3. The SMILES string of the molecule is CN(C(=O)C1CCS(=O)(=O)CC1)[C@@H](c1ccc(N2CC(C)(C)Cc3c2cnc2cc(Cl)nn32)cc1)C(F)(F)F. The summed E-state index contributed by atoms with van der Waals surface area (Å²) in [6.45, 7) is 4.81. The Morgan fingerprint density at radius 1 is 1.18 bits per heavy atom. The molecule has 0 saturated carbocycles. The summed E-state index contributed by atoms with van der Waals surface area (Å²) in [4.78, 5) is 20.2. The van der Waals surface area contributed by atoms with E-state index in [0.717, 1.165) is 18.4 Å². The van der Waals surface area contributed by atoms with Gasteiger partial charge in [0.15, 0.2) is 16.8 Å². The van der Waals surface area contributed by atoms with Crippen molar-refractivity contribution in [1.29, 1.82) is 0 Å². The van der Waals surface area contributed by atoms with Crippen LogP contribution in [0.15, 0.2) is 36.5 Å². The molecule has 0 radical (unpaired) electrons. The van der Waals surface area contributed by atoms with Gasteiger partial charge in [0.25, 0.3) is 0 Å². The van der Waals surface area contributed by atoms with Crippen LogP contribution in [0.25, 0.3) is 5.65 Å². The van der Waals surface area contributed by atoms with E-state index in [9.17, 15) is 26.4 Å². The number of aromatic nitrogens is 3. The second kappa shape index (κ2) is 9.65. The number of nitrogens with zero attached hydrogens (tertiary/aromatic N) is 5. The molecule has 13 heteroatoms. The van der Waals surface area contributed by atoms with E-state index in [1.807, 2.05) is 4.90 Å². The molecule has 3 aromatic rings. The minimum atomic E-state index is -4.72. The number of halogens is 4. The van der Waals surface area contributed by atoms with Gasteiger partial charge in [0.05, 0.1) is 29.1 Å². The number of carbonyl (C=O) groups is 1. The number of rotatable bonds is 4. The Morgan fingerprint density at radius 3 is 2.44 bits per heavy atom. The van der Waals surface area contributed by atoms with Crippen LogP contribution >= 0.6 is 11.6 Å². The van der Waals surface area contributed by atoms with Gasteiger partial charge in [-0.05, 0) is 42.4 Å². The summed E-state index contributed by atoms with van der Waals surface area (Å²) in [5.41, 5.74) is 2.74. The van der Waals surface area contributed by atoms with Crippen molar-refractivity contribution in [1.82, 2.24) is 19.5 Å². The fourth-order valence-electron chi connectivity index (χ4n) is 5.61. The Bertz CT molecular complexity index is 1510. The first-order valence-electron chi connectivity index (χ1n) is 12.6. The van der Waals surface area contributed by atoms with Crippen molar-refractivity contribution in [2.75, 3.05) is 30.0 Å². The van der Waals surface area contributed by atoms with Crippen LogP contribution in [0.4, 0.5) is 24.5 Å².